The minimum Gasteiger partial charge on any atom is -0.497 e. The Morgan fingerprint density at radius 1 is 1.12 bits per heavy atom. The summed E-state index contributed by atoms with van der Waals surface area (Å²) in [6.45, 7) is 0.595. The van der Waals surface area contributed by atoms with Crippen molar-refractivity contribution in [3.8, 4) is 22.8 Å². The van der Waals surface area contributed by atoms with Crippen LogP contribution in [0.15, 0.2) is 71.2 Å². The van der Waals surface area contributed by atoms with Crippen LogP contribution in [0.25, 0.3) is 17.1 Å². The smallest absolute Gasteiger partial charge is 0.233 e. The monoisotopic (exact) mass is 484 g/mol. The van der Waals surface area contributed by atoms with Crippen molar-refractivity contribution in [2.24, 2.45) is 0 Å². The van der Waals surface area contributed by atoms with Gasteiger partial charge >= 0.3 is 0 Å². The summed E-state index contributed by atoms with van der Waals surface area (Å²) in [4.78, 5) is 15.6. The highest BCUT2D eigenvalue weighted by atomic mass is 35.5. The van der Waals surface area contributed by atoms with Crippen LogP contribution in [-0.4, -0.2) is 45.5 Å². The first-order chi connectivity index (χ1) is 15.5. The Morgan fingerprint density at radius 2 is 1.88 bits per heavy atom. The Labute approximate surface area is 199 Å². The first-order valence-corrected chi connectivity index (χ1v) is 12.0. The second kappa shape index (κ2) is 10.2. The van der Waals surface area contributed by atoms with Crippen LogP contribution in [0.3, 0.4) is 0 Å². The van der Waals surface area contributed by atoms with E-state index in [1.165, 1.54) is 11.8 Å². The molecule has 2 heterocycles. The lowest BCUT2D eigenvalue weighted by Gasteiger charge is -2.16. The molecule has 0 radical (unpaired) electrons. The molecule has 2 aromatic carbocycles. The first kappa shape index (κ1) is 22.4. The minimum atomic E-state index is 0.0284. The Bertz CT molecular complexity index is 1180. The van der Waals surface area contributed by atoms with Gasteiger partial charge < -0.3 is 9.64 Å². The molecule has 0 unspecified atom stereocenters. The molecule has 2 aromatic heterocycles. The van der Waals surface area contributed by atoms with Crippen molar-refractivity contribution in [3.63, 3.8) is 0 Å². The fourth-order valence-corrected chi connectivity index (χ4v) is 4.85. The van der Waals surface area contributed by atoms with Crippen molar-refractivity contribution >= 4 is 40.6 Å². The summed E-state index contributed by atoms with van der Waals surface area (Å²) in [5, 5.41) is 12.1. The maximum atomic E-state index is 12.7. The fraction of sp³-hybridized carbons (Fsp3) is 0.174. The molecule has 0 saturated heterocycles. The molecule has 0 N–H and O–H groups in total. The van der Waals surface area contributed by atoms with Crippen LogP contribution >= 0.6 is 34.7 Å². The molecule has 9 heteroatoms. The van der Waals surface area contributed by atoms with Crippen LogP contribution in [0.4, 0.5) is 0 Å². The molecule has 4 aromatic rings. The number of thiophene rings is 1. The number of amides is 1. The number of carbonyl (C=O) groups is 1. The standard InChI is InChI=1S/C23H21ClN4O2S2/c1-27(14-20-4-3-13-31-20)21(29)15-32-23-26-25-22(16-5-7-17(24)8-6-16)28(23)18-9-11-19(30-2)12-10-18/h3-13H,14-15H2,1-2H3. The van der Waals surface area contributed by atoms with Crippen molar-refractivity contribution < 1.29 is 9.53 Å². The summed E-state index contributed by atoms with van der Waals surface area (Å²) in [6, 6.07) is 19.1. The minimum absolute atomic E-state index is 0.0284. The first-order valence-electron chi connectivity index (χ1n) is 9.80. The second-order valence-electron chi connectivity index (χ2n) is 6.96. The second-order valence-corrected chi connectivity index (χ2v) is 9.38. The Morgan fingerprint density at radius 3 is 2.53 bits per heavy atom. The van der Waals surface area contributed by atoms with Gasteiger partial charge in [0, 0.05) is 28.2 Å². The third-order valence-electron chi connectivity index (χ3n) is 4.79. The van der Waals surface area contributed by atoms with Crippen molar-refractivity contribution in [2.75, 3.05) is 19.9 Å². The number of rotatable bonds is 8. The van der Waals surface area contributed by atoms with Gasteiger partial charge in [-0.2, -0.15) is 0 Å². The quantitative estimate of drug-likeness (QED) is 0.313. The van der Waals surface area contributed by atoms with Crippen molar-refractivity contribution in [3.05, 3.63) is 75.9 Å². The maximum Gasteiger partial charge on any atom is 0.233 e. The van der Waals surface area contributed by atoms with E-state index >= 15 is 0 Å². The van der Waals surface area contributed by atoms with E-state index in [1.807, 2.05) is 77.7 Å². The molecule has 32 heavy (non-hydrogen) atoms. The highest BCUT2D eigenvalue weighted by molar-refractivity contribution is 7.99. The number of methoxy groups -OCH3 is 1. The molecule has 164 valence electrons. The van der Waals surface area contributed by atoms with Crippen LogP contribution < -0.4 is 4.74 Å². The van der Waals surface area contributed by atoms with Gasteiger partial charge in [0.2, 0.25) is 5.91 Å². The van der Waals surface area contributed by atoms with E-state index in [0.717, 1.165) is 21.9 Å². The molecule has 0 bridgehead atoms. The van der Waals surface area contributed by atoms with Gasteiger partial charge in [-0.1, -0.05) is 29.4 Å². The molecule has 1 amide bonds. The fourth-order valence-electron chi connectivity index (χ4n) is 3.07. The van der Waals surface area contributed by atoms with Crippen molar-refractivity contribution in [1.29, 1.82) is 0 Å². The van der Waals surface area contributed by atoms with E-state index in [1.54, 1.807) is 23.3 Å². The Hall–Kier alpha value is -2.81. The maximum absolute atomic E-state index is 12.7. The number of hydrogen-bond donors (Lipinski definition) is 0. The third-order valence-corrected chi connectivity index (χ3v) is 6.82. The van der Waals surface area contributed by atoms with Crippen molar-refractivity contribution in [2.45, 2.75) is 11.7 Å². The molecule has 0 fully saturated rings. The molecule has 0 spiro atoms. The summed E-state index contributed by atoms with van der Waals surface area (Å²) in [7, 11) is 3.45. The van der Waals surface area contributed by atoms with Gasteiger partial charge in [0.25, 0.3) is 0 Å². The van der Waals surface area contributed by atoms with Crippen LogP contribution in [0.2, 0.25) is 5.02 Å². The van der Waals surface area contributed by atoms with Gasteiger partial charge in [-0.3, -0.25) is 9.36 Å². The predicted octanol–water partition coefficient (Wildman–Crippen LogP) is 5.41. The zero-order chi connectivity index (χ0) is 22.5. The van der Waals surface area contributed by atoms with Crippen LogP contribution in [0.5, 0.6) is 5.75 Å². The number of aromatic nitrogens is 3. The third kappa shape index (κ3) is 5.15. The van der Waals surface area contributed by atoms with Crippen LogP contribution in [-0.2, 0) is 11.3 Å². The highest BCUT2D eigenvalue weighted by Crippen LogP contribution is 2.29. The van der Waals surface area contributed by atoms with Crippen LogP contribution in [0, 0.1) is 0 Å². The molecule has 6 nitrogen and oxygen atoms in total. The Kier molecular flexibility index (Phi) is 7.14. The van der Waals surface area contributed by atoms with E-state index in [4.69, 9.17) is 16.3 Å². The van der Waals surface area contributed by atoms with E-state index in [-0.39, 0.29) is 11.7 Å². The molecule has 0 aliphatic carbocycles. The lowest BCUT2D eigenvalue weighted by molar-refractivity contribution is -0.127. The molecule has 4 rings (SSSR count). The number of hydrogen-bond acceptors (Lipinski definition) is 6. The molecular formula is C23H21ClN4O2S2. The summed E-state index contributed by atoms with van der Waals surface area (Å²) in [6.07, 6.45) is 0. The van der Waals surface area contributed by atoms with E-state index in [9.17, 15) is 4.79 Å². The van der Waals surface area contributed by atoms with Gasteiger partial charge in [-0.25, -0.2) is 0 Å². The molecule has 0 atom stereocenters. The Balaban J connectivity index is 1.59. The highest BCUT2D eigenvalue weighted by Gasteiger charge is 2.19. The average molecular weight is 485 g/mol. The van der Waals surface area contributed by atoms with Crippen LogP contribution in [0.1, 0.15) is 4.88 Å². The largest absolute Gasteiger partial charge is 0.497 e. The lowest BCUT2D eigenvalue weighted by Crippen LogP contribution is -2.27. The predicted molar refractivity (Wildman–Crippen MR) is 130 cm³/mol. The van der Waals surface area contributed by atoms with Gasteiger partial charge in [0.05, 0.1) is 19.4 Å². The summed E-state index contributed by atoms with van der Waals surface area (Å²) in [5.41, 5.74) is 1.76. The lowest BCUT2D eigenvalue weighted by atomic mass is 10.2. The number of benzene rings is 2. The van der Waals surface area contributed by atoms with Gasteiger partial charge in [0.1, 0.15) is 5.75 Å². The summed E-state index contributed by atoms with van der Waals surface area (Å²) >= 11 is 9.06. The normalized spacial score (nSPS) is 10.8. The number of halogens is 1. The molecule has 0 aliphatic rings. The SMILES string of the molecule is COc1ccc(-n2c(SCC(=O)N(C)Cc3cccs3)nnc2-c2ccc(Cl)cc2)cc1. The van der Waals surface area contributed by atoms with Gasteiger partial charge in [-0.15, -0.1) is 21.5 Å². The number of thioether (sulfide) groups is 1. The van der Waals surface area contributed by atoms with E-state index < -0.39 is 0 Å². The van der Waals surface area contributed by atoms with E-state index in [0.29, 0.717) is 22.5 Å². The zero-order valence-corrected chi connectivity index (χ0v) is 20.0. The summed E-state index contributed by atoms with van der Waals surface area (Å²) in [5.74, 6) is 1.72. The molecule has 0 aliphatic heterocycles. The number of nitrogens with zero attached hydrogens (tertiary/aromatic N) is 4. The summed E-state index contributed by atoms with van der Waals surface area (Å²) < 4.78 is 7.23. The number of carbonyl (C=O) groups excluding carboxylic acids is 1. The van der Waals surface area contributed by atoms with Gasteiger partial charge in [0.15, 0.2) is 11.0 Å². The van der Waals surface area contributed by atoms with Gasteiger partial charge in [-0.05, 0) is 60.0 Å². The zero-order valence-electron chi connectivity index (χ0n) is 17.6. The topological polar surface area (TPSA) is 60.2 Å². The van der Waals surface area contributed by atoms with E-state index in [2.05, 4.69) is 10.2 Å². The molecule has 0 saturated carbocycles. The molecular weight excluding hydrogens is 464 g/mol. The average Bonchev–Trinajstić information content (AvgIpc) is 3.48. The van der Waals surface area contributed by atoms with Crippen molar-refractivity contribution in [1.82, 2.24) is 19.7 Å². The number of ether oxygens (including phenoxy) is 1.